The lowest BCUT2D eigenvalue weighted by molar-refractivity contribution is -0.149. The predicted molar refractivity (Wildman–Crippen MR) is 57.4 cm³/mol. The first-order chi connectivity index (χ1) is 7.00. The number of halogens is 2. The Balaban J connectivity index is 2.66. The quantitative estimate of drug-likeness (QED) is 0.832. The Hall–Kier alpha value is -1.06. The number of carbonyl (C=O) groups is 2. The van der Waals surface area contributed by atoms with E-state index in [1.54, 1.807) is 18.2 Å². The van der Waals surface area contributed by atoms with E-state index < -0.39 is 11.8 Å². The van der Waals surface area contributed by atoms with E-state index in [1.807, 2.05) is 0 Å². The van der Waals surface area contributed by atoms with Gasteiger partial charge in [-0.2, -0.15) is 0 Å². The van der Waals surface area contributed by atoms with Crippen molar-refractivity contribution in [2.45, 2.75) is 12.8 Å². The Morgan fingerprint density at radius 3 is 2.47 bits per heavy atom. The van der Waals surface area contributed by atoms with Crippen LogP contribution in [0.5, 0.6) is 0 Å². The Morgan fingerprint density at radius 1 is 1.27 bits per heavy atom. The predicted octanol–water partition coefficient (Wildman–Crippen LogP) is 2.58. The van der Waals surface area contributed by atoms with Gasteiger partial charge in [0, 0.05) is 16.5 Å². The molecule has 0 aliphatic heterocycles. The van der Waals surface area contributed by atoms with Gasteiger partial charge in [0.1, 0.15) is 0 Å². The van der Waals surface area contributed by atoms with Gasteiger partial charge < -0.3 is 5.11 Å². The van der Waals surface area contributed by atoms with Gasteiger partial charge in [-0.1, -0.05) is 29.3 Å². The molecule has 0 aliphatic rings. The molecule has 0 fully saturated rings. The minimum Gasteiger partial charge on any atom is -0.476 e. The number of carboxylic acid groups (broad SMARTS) is 1. The fourth-order valence-corrected chi connectivity index (χ4v) is 1.58. The highest BCUT2D eigenvalue weighted by Gasteiger charge is 2.12. The van der Waals surface area contributed by atoms with Crippen molar-refractivity contribution in [1.29, 1.82) is 0 Å². The molecule has 0 aromatic heterocycles. The van der Waals surface area contributed by atoms with Gasteiger partial charge in [0.15, 0.2) is 0 Å². The molecular weight excluding hydrogens is 239 g/mol. The number of rotatable bonds is 4. The third-order valence-electron chi connectivity index (χ3n) is 1.88. The number of aryl methyl sites for hydroxylation is 1. The van der Waals surface area contributed by atoms with Crippen molar-refractivity contribution in [2.24, 2.45) is 0 Å². The van der Waals surface area contributed by atoms with Gasteiger partial charge in [0.2, 0.25) is 5.78 Å². The molecular formula is C10H8Cl2O3. The Morgan fingerprint density at radius 2 is 1.93 bits per heavy atom. The van der Waals surface area contributed by atoms with Crippen LogP contribution in [0.4, 0.5) is 0 Å². The van der Waals surface area contributed by atoms with Crippen LogP contribution in [0.3, 0.4) is 0 Å². The van der Waals surface area contributed by atoms with Crippen LogP contribution in [-0.2, 0) is 16.0 Å². The maximum Gasteiger partial charge on any atom is 0.372 e. The summed E-state index contributed by atoms with van der Waals surface area (Å²) in [6, 6.07) is 4.89. The maximum atomic E-state index is 10.8. The van der Waals surface area contributed by atoms with E-state index in [-0.39, 0.29) is 6.42 Å². The summed E-state index contributed by atoms with van der Waals surface area (Å²) in [7, 11) is 0. The number of carboxylic acids is 1. The average molecular weight is 247 g/mol. The number of ketones is 1. The van der Waals surface area contributed by atoms with Crippen LogP contribution in [0.15, 0.2) is 18.2 Å². The van der Waals surface area contributed by atoms with Gasteiger partial charge in [0.05, 0.1) is 0 Å². The van der Waals surface area contributed by atoms with Crippen molar-refractivity contribution in [3.05, 3.63) is 33.8 Å². The highest BCUT2D eigenvalue weighted by molar-refractivity contribution is 6.35. The third-order valence-corrected chi connectivity index (χ3v) is 2.46. The monoisotopic (exact) mass is 246 g/mol. The molecule has 1 N–H and O–H groups in total. The number of hydrogen-bond acceptors (Lipinski definition) is 2. The van der Waals surface area contributed by atoms with Gasteiger partial charge in [-0.15, -0.1) is 0 Å². The van der Waals surface area contributed by atoms with E-state index >= 15 is 0 Å². The molecule has 80 valence electrons. The van der Waals surface area contributed by atoms with Crippen molar-refractivity contribution in [2.75, 3.05) is 0 Å². The molecule has 0 bridgehead atoms. The van der Waals surface area contributed by atoms with Crippen molar-refractivity contribution >= 4 is 35.0 Å². The number of hydrogen-bond donors (Lipinski definition) is 1. The van der Waals surface area contributed by atoms with Crippen LogP contribution in [0.2, 0.25) is 10.0 Å². The number of benzene rings is 1. The van der Waals surface area contributed by atoms with Crippen LogP contribution in [0.25, 0.3) is 0 Å². The first kappa shape index (κ1) is 12.0. The lowest BCUT2D eigenvalue weighted by Crippen LogP contribution is -2.12. The first-order valence-electron chi connectivity index (χ1n) is 4.20. The molecule has 0 saturated carbocycles. The normalized spacial score (nSPS) is 10.0. The Bertz CT molecular complexity index is 402. The summed E-state index contributed by atoms with van der Waals surface area (Å²) in [5.41, 5.74) is 0.718. The highest BCUT2D eigenvalue weighted by Crippen LogP contribution is 2.22. The Labute approximate surface area is 96.6 Å². The van der Waals surface area contributed by atoms with Crippen molar-refractivity contribution in [3.8, 4) is 0 Å². The second-order valence-corrected chi connectivity index (χ2v) is 3.81. The molecule has 0 saturated heterocycles. The zero-order valence-electron chi connectivity index (χ0n) is 7.67. The summed E-state index contributed by atoms with van der Waals surface area (Å²) in [5.74, 6) is -2.24. The molecule has 0 radical (unpaired) electrons. The first-order valence-corrected chi connectivity index (χ1v) is 4.96. The van der Waals surface area contributed by atoms with Crippen molar-refractivity contribution in [1.82, 2.24) is 0 Å². The van der Waals surface area contributed by atoms with Gasteiger partial charge in [0.25, 0.3) is 0 Å². The molecule has 0 amide bonds. The fourth-order valence-electron chi connectivity index (χ4n) is 1.08. The summed E-state index contributed by atoms with van der Waals surface area (Å²) < 4.78 is 0. The maximum absolute atomic E-state index is 10.8. The standard InChI is InChI=1S/C10H8Cl2O3/c11-7-3-1-6(8(12)5-7)2-4-9(13)10(14)15/h1,3,5H,2,4H2,(H,14,15). The molecule has 0 unspecified atom stereocenters. The largest absolute Gasteiger partial charge is 0.476 e. The zero-order chi connectivity index (χ0) is 11.4. The van der Waals surface area contributed by atoms with Gasteiger partial charge in [-0.05, 0) is 24.1 Å². The summed E-state index contributed by atoms with van der Waals surface area (Å²) in [6.07, 6.45) is 0.248. The fraction of sp³-hybridized carbons (Fsp3) is 0.200. The molecule has 0 aliphatic carbocycles. The lowest BCUT2D eigenvalue weighted by atomic mass is 10.1. The molecule has 0 heterocycles. The van der Waals surface area contributed by atoms with Crippen LogP contribution in [0, 0.1) is 0 Å². The molecule has 1 aromatic carbocycles. The third kappa shape index (κ3) is 3.53. The number of carbonyl (C=O) groups excluding carboxylic acids is 1. The van der Waals surface area contributed by atoms with Gasteiger partial charge in [-0.25, -0.2) is 4.79 Å². The highest BCUT2D eigenvalue weighted by atomic mass is 35.5. The molecule has 3 nitrogen and oxygen atoms in total. The smallest absolute Gasteiger partial charge is 0.372 e. The molecule has 0 spiro atoms. The summed E-state index contributed by atoms with van der Waals surface area (Å²) in [6.45, 7) is 0. The molecule has 1 aromatic rings. The molecule has 15 heavy (non-hydrogen) atoms. The number of Topliss-reactive ketones (excluding diaryl/α,β-unsaturated/α-hetero) is 1. The molecule has 5 heteroatoms. The minimum absolute atomic E-state index is 0.0588. The average Bonchev–Trinajstić information content (AvgIpc) is 2.15. The topological polar surface area (TPSA) is 54.4 Å². The van der Waals surface area contributed by atoms with E-state index in [2.05, 4.69) is 0 Å². The second kappa shape index (κ2) is 5.14. The SMILES string of the molecule is O=C(O)C(=O)CCc1ccc(Cl)cc1Cl. The van der Waals surface area contributed by atoms with Crippen LogP contribution >= 0.6 is 23.2 Å². The minimum atomic E-state index is -1.42. The molecule has 0 atom stereocenters. The van der Waals surface area contributed by atoms with E-state index in [4.69, 9.17) is 28.3 Å². The number of aliphatic carboxylic acids is 1. The Kier molecular flexibility index (Phi) is 4.12. The van der Waals surface area contributed by atoms with Crippen LogP contribution < -0.4 is 0 Å². The van der Waals surface area contributed by atoms with E-state index in [0.717, 1.165) is 5.56 Å². The lowest BCUT2D eigenvalue weighted by Gasteiger charge is -2.02. The van der Waals surface area contributed by atoms with E-state index in [1.165, 1.54) is 0 Å². The van der Waals surface area contributed by atoms with Crippen LogP contribution in [-0.4, -0.2) is 16.9 Å². The second-order valence-electron chi connectivity index (χ2n) is 2.96. The molecule has 1 rings (SSSR count). The van der Waals surface area contributed by atoms with Crippen LogP contribution in [0.1, 0.15) is 12.0 Å². The van der Waals surface area contributed by atoms with Gasteiger partial charge in [-0.3, -0.25) is 4.79 Å². The summed E-state index contributed by atoms with van der Waals surface area (Å²) in [4.78, 5) is 21.1. The van der Waals surface area contributed by atoms with E-state index in [0.29, 0.717) is 16.5 Å². The van der Waals surface area contributed by atoms with Crippen molar-refractivity contribution in [3.63, 3.8) is 0 Å². The summed E-state index contributed by atoms with van der Waals surface area (Å²) in [5, 5.41) is 9.32. The van der Waals surface area contributed by atoms with Gasteiger partial charge >= 0.3 is 5.97 Å². The van der Waals surface area contributed by atoms with Crippen molar-refractivity contribution < 1.29 is 14.7 Å². The zero-order valence-corrected chi connectivity index (χ0v) is 9.18. The van der Waals surface area contributed by atoms with E-state index in [9.17, 15) is 9.59 Å². The summed E-state index contributed by atoms with van der Waals surface area (Å²) >= 11 is 11.5.